The van der Waals surface area contributed by atoms with Gasteiger partial charge in [0.15, 0.2) is 4.34 Å². The Labute approximate surface area is 143 Å². The van der Waals surface area contributed by atoms with Gasteiger partial charge in [0.1, 0.15) is 0 Å². The lowest BCUT2D eigenvalue weighted by molar-refractivity contribution is 0.601. The van der Waals surface area contributed by atoms with Crippen molar-refractivity contribution in [2.24, 2.45) is 0 Å². The van der Waals surface area contributed by atoms with Crippen LogP contribution in [-0.4, -0.2) is 13.4 Å². The maximum atomic E-state index is 12.3. The topological polar surface area (TPSA) is 59.1 Å². The van der Waals surface area contributed by atoms with Crippen molar-refractivity contribution in [2.75, 3.05) is 4.72 Å². The number of hydrogen-bond donors (Lipinski definition) is 1. The van der Waals surface area contributed by atoms with Crippen LogP contribution in [0.2, 0.25) is 0 Å². The summed E-state index contributed by atoms with van der Waals surface area (Å²) in [6.45, 7) is 1.96. The highest BCUT2D eigenvalue weighted by molar-refractivity contribution is 8.01. The number of anilines is 1. The van der Waals surface area contributed by atoms with E-state index in [1.807, 2.05) is 24.4 Å². The number of benzene rings is 2. The zero-order chi connectivity index (χ0) is 16.3. The van der Waals surface area contributed by atoms with Crippen LogP contribution < -0.4 is 4.72 Å². The average molecular weight is 363 g/mol. The van der Waals surface area contributed by atoms with Gasteiger partial charge in [0.25, 0.3) is 10.0 Å². The Bertz CT molecular complexity index is 889. The molecule has 0 spiro atoms. The molecule has 3 rings (SSSR count). The summed E-state index contributed by atoms with van der Waals surface area (Å²) in [6.07, 6.45) is 0. The lowest BCUT2D eigenvalue weighted by Crippen LogP contribution is -2.12. The maximum Gasteiger partial charge on any atom is 0.261 e. The van der Waals surface area contributed by atoms with Gasteiger partial charge in [-0.25, -0.2) is 13.4 Å². The second-order valence-corrected chi connectivity index (χ2v) is 8.66. The molecule has 3 aromatic rings. The molecular weight excluding hydrogens is 348 g/mol. The number of thiazole rings is 1. The van der Waals surface area contributed by atoms with E-state index in [9.17, 15) is 8.42 Å². The van der Waals surface area contributed by atoms with Crippen molar-refractivity contribution < 1.29 is 8.42 Å². The first kappa shape index (κ1) is 16.0. The summed E-state index contributed by atoms with van der Waals surface area (Å²) in [5, 5.41) is 2.00. The van der Waals surface area contributed by atoms with Crippen molar-refractivity contribution in [1.82, 2.24) is 4.98 Å². The van der Waals surface area contributed by atoms with Crippen LogP contribution in [0.25, 0.3) is 0 Å². The van der Waals surface area contributed by atoms with E-state index in [-0.39, 0.29) is 4.90 Å². The van der Waals surface area contributed by atoms with Gasteiger partial charge >= 0.3 is 0 Å². The summed E-state index contributed by atoms with van der Waals surface area (Å²) in [5.74, 6) is 0. The van der Waals surface area contributed by atoms with Gasteiger partial charge in [-0.1, -0.05) is 30.0 Å². The third-order valence-corrected chi connectivity index (χ3v) is 6.42. The van der Waals surface area contributed by atoms with E-state index in [0.29, 0.717) is 5.69 Å². The first-order valence-corrected chi connectivity index (χ1v) is 9.99. The molecule has 1 N–H and O–H groups in total. The monoisotopic (exact) mass is 362 g/mol. The van der Waals surface area contributed by atoms with Crippen LogP contribution in [0, 0.1) is 6.92 Å². The molecular formula is C16H14N2O2S3. The number of aryl methyl sites for hydroxylation is 1. The molecule has 0 bridgehead atoms. The minimum atomic E-state index is -3.55. The third kappa shape index (κ3) is 4.13. The van der Waals surface area contributed by atoms with E-state index >= 15 is 0 Å². The second kappa shape index (κ2) is 6.74. The summed E-state index contributed by atoms with van der Waals surface area (Å²) >= 11 is 3.16. The highest BCUT2D eigenvalue weighted by Crippen LogP contribution is 2.31. The number of rotatable bonds is 5. The molecule has 0 saturated carbocycles. The molecule has 23 heavy (non-hydrogen) atoms. The first-order chi connectivity index (χ1) is 11.0. The van der Waals surface area contributed by atoms with E-state index < -0.39 is 10.0 Å². The molecule has 0 saturated heterocycles. The molecule has 0 amide bonds. The Morgan fingerprint density at radius 2 is 1.74 bits per heavy atom. The molecule has 0 aliphatic rings. The van der Waals surface area contributed by atoms with Crippen LogP contribution in [0.1, 0.15) is 5.69 Å². The Morgan fingerprint density at radius 3 is 2.35 bits per heavy atom. The number of nitrogens with one attached hydrogen (secondary N) is 1. The van der Waals surface area contributed by atoms with Crippen molar-refractivity contribution in [2.45, 2.75) is 21.1 Å². The fourth-order valence-corrected chi connectivity index (χ4v) is 4.77. The average Bonchev–Trinajstić information content (AvgIpc) is 2.95. The van der Waals surface area contributed by atoms with Crippen LogP contribution in [0.3, 0.4) is 0 Å². The van der Waals surface area contributed by atoms with Crippen molar-refractivity contribution in [3.8, 4) is 0 Å². The lowest BCUT2D eigenvalue weighted by Gasteiger charge is -2.08. The van der Waals surface area contributed by atoms with Gasteiger partial charge in [-0.2, -0.15) is 0 Å². The minimum absolute atomic E-state index is 0.247. The van der Waals surface area contributed by atoms with E-state index in [1.54, 1.807) is 65.6 Å². The molecule has 0 aliphatic heterocycles. The van der Waals surface area contributed by atoms with Crippen LogP contribution >= 0.6 is 23.1 Å². The predicted molar refractivity (Wildman–Crippen MR) is 94.7 cm³/mol. The largest absolute Gasteiger partial charge is 0.280 e. The quantitative estimate of drug-likeness (QED) is 0.731. The molecule has 0 radical (unpaired) electrons. The Hall–Kier alpha value is -1.83. The highest BCUT2D eigenvalue weighted by Gasteiger charge is 2.13. The fourth-order valence-electron chi connectivity index (χ4n) is 1.88. The molecule has 7 heteroatoms. The maximum absolute atomic E-state index is 12.3. The molecule has 0 unspecified atom stereocenters. The van der Waals surface area contributed by atoms with Gasteiger partial charge in [0, 0.05) is 21.7 Å². The van der Waals surface area contributed by atoms with E-state index in [0.717, 1.165) is 14.9 Å². The summed E-state index contributed by atoms with van der Waals surface area (Å²) in [6, 6.07) is 15.6. The molecule has 4 nitrogen and oxygen atoms in total. The summed E-state index contributed by atoms with van der Waals surface area (Å²) in [7, 11) is -3.55. The smallest absolute Gasteiger partial charge is 0.261 e. The second-order valence-electron chi connectivity index (χ2n) is 4.80. The summed E-state index contributed by atoms with van der Waals surface area (Å²) in [5.41, 5.74) is 1.54. The van der Waals surface area contributed by atoms with Gasteiger partial charge in [-0.05, 0) is 43.3 Å². The van der Waals surface area contributed by atoms with Gasteiger partial charge < -0.3 is 0 Å². The van der Waals surface area contributed by atoms with Gasteiger partial charge in [-0.3, -0.25) is 4.72 Å². The van der Waals surface area contributed by atoms with Crippen LogP contribution in [-0.2, 0) is 10.0 Å². The molecule has 0 aliphatic carbocycles. The number of hydrogen-bond acceptors (Lipinski definition) is 5. The SMILES string of the molecule is Cc1csc(Sc2ccc(NS(=O)(=O)c3ccccc3)cc2)n1. The fraction of sp³-hybridized carbons (Fsp3) is 0.0625. The standard InChI is InChI=1S/C16H14N2O2S3/c1-12-11-21-16(17-12)22-14-9-7-13(8-10-14)18-23(19,20)15-5-3-2-4-6-15/h2-11,18H,1H3. The van der Waals surface area contributed by atoms with E-state index in [2.05, 4.69) is 9.71 Å². The summed E-state index contributed by atoms with van der Waals surface area (Å²) in [4.78, 5) is 5.66. The molecule has 0 fully saturated rings. The first-order valence-electron chi connectivity index (χ1n) is 6.81. The Kier molecular flexibility index (Phi) is 4.70. The lowest BCUT2D eigenvalue weighted by atomic mass is 10.3. The van der Waals surface area contributed by atoms with Crippen molar-refractivity contribution in [1.29, 1.82) is 0 Å². The van der Waals surface area contributed by atoms with E-state index in [4.69, 9.17) is 0 Å². The van der Waals surface area contributed by atoms with Crippen LogP contribution in [0.5, 0.6) is 0 Å². The van der Waals surface area contributed by atoms with Crippen LogP contribution in [0.4, 0.5) is 5.69 Å². The number of sulfonamides is 1. The third-order valence-electron chi connectivity index (χ3n) is 2.96. The van der Waals surface area contributed by atoms with Crippen molar-refractivity contribution >= 4 is 38.8 Å². The van der Waals surface area contributed by atoms with E-state index in [1.165, 1.54) is 0 Å². The summed E-state index contributed by atoms with van der Waals surface area (Å²) < 4.78 is 28.1. The number of aromatic nitrogens is 1. The molecule has 1 aromatic heterocycles. The molecule has 2 aromatic carbocycles. The Morgan fingerprint density at radius 1 is 1.04 bits per heavy atom. The molecule has 118 valence electrons. The van der Waals surface area contributed by atoms with Gasteiger partial charge in [-0.15, -0.1) is 11.3 Å². The minimum Gasteiger partial charge on any atom is -0.280 e. The zero-order valence-corrected chi connectivity index (χ0v) is 14.7. The van der Waals surface area contributed by atoms with Crippen LogP contribution in [0.15, 0.2) is 74.1 Å². The molecule has 0 atom stereocenters. The van der Waals surface area contributed by atoms with Crippen molar-refractivity contribution in [3.05, 3.63) is 65.7 Å². The van der Waals surface area contributed by atoms with Crippen molar-refractivity contribution in [3.63, 3.8) is 0 Å². The van der Waals surface area contributed by atoms with Gasteiger partial charge in [0.2, 0.25) is 0 Å². The predicted octanol–water partition coefficient (Wildman–Crippen LogP) is 4.40. The normalized spacial score (nSPS) is 11.3. The zero-order valence-electron chi connectivity index (χ0n) is 12.3. The highest BCUT2D eigenvalue weighted by atomic mass is 32.2. The number of nitrogens with zero attached hydrogens (tertiary/aromatic N) is 1. The van der Waals surface area contributed by atoms with Gasteiger partial charge in [0.05, 0.1) is 4.90 Å². The Balaban J connectivity index is 1.72. The molecule has 1 heterocycles.